The lowest BCUT2D eigenvalue weighted by Crippen LogP contribution is -2.00. The monoisotopic (exact) mass is 280 g/mol. The van der Waals surface area contributed by atoms with E-state index in [2.05, 4.69) is 38.1 Å². The van der Waals surface area contributed by atoms with Crippen molar-refractivity contribution in [3.05, 3.63) is 35.9 Å². The second-order valence-electron chi connectivity index (χ2n) is 5.01. The van der Waals surface area contributed by atoms with Gasteiger partial charge in [-0.05, 0) is 42.5 Å². The molecule has 1 atom stereocenters. The summed E-state index contributed by atoms with van der Waals surface area (Å²) in [5.74, 6) is 0.727. The molecule has 0 aromatic heterocycles. The summed E-state index contributed by atoms with van der Waals surface area (Å²) >= 11 is 5.01. The summed E-state index contributed by atoms with van der Waals surface area (Å²) < 4.78 is 4.89. The lowest BCUT2D eigenvalue weighted by Gasteiger charge is -2.03. The number of hydrogen-bond donors (Lipinski definition) is 0. The zero-order valence-electron chi connectivity index (χ0n) is 12.8. The molecular weight excluding hydrogens is 252 g/mol. The number of methoxy groups -OCH3 is 1. The van der Waals surface area contributed by atoms with Gasteiger partial charge in [0.25, 0.3) is 0 Å². The zero-order valence-corrected chi connectivity index (χ0v) is 13.6. The maximum Gasteiger partial charge on any atom is 0.0487 e. The summed E-state index contributed by atoms with van der Waals surface area (Å²) in [6.45, 7) is 7.27. The minimum absolute atomic E-state index is 0.727. The number of rotatable bonds is 7. The molecule has 1 unspecified atom stereocenters. The molecule has 0 saturated carbocycles. The van der Waals surface area contributed by atoms with E-state index in [1.165, 1.54) is 18.4 Å². The normalized spacial score (nSPS) is 11.4. The Balaban J connectivity index is 0.000000399. The van der Waals surface area contributed by atoms with Gasteiger partial charge in [0.2, 0.25) is 0 Å². The second kappa shape index (κ2) is 12.3. The van der Waals surface area contributed by atoms with Crippen molar-refractivity contribution in [2.75, 3.05) is 13.7 Å². The SMILES string of the molecule is CC(=S)CCCc1ccccc1.CCC(C)COC. The number of ether oxygens (including phenoxy) is 1. The van der Waals surface area contributed by atoms with Gasteiger partial charge in [-0.3, -0.25) is 0 Å². The third kappa shape index (κ3) is 12.1. The maximum atomic E-state index is 5.01. The molecule has 0 aliphatic rings. The molecule has 108 valence electrons. The average Bonchev–Trinajstić information content (AvgIpc) is 2.40. The van der Waals surface area contributed by atoms with Crippen LogP contribution in [-0.4, -0.2) is 18.6 Å². The van der Waals surface area contributed by atoms with Crippen LogP contribution in [0.1, 0.15) is 45.6 Å². The second-order valence-corrected chi connectivity index (χ2v) is 5.71. The lowest BCUT2D eigenvalue weighted by molar-refractivity contribution is 0.158. The van der Waals surface area contributed by atoms with Crippen molar-refractivity contribution in [3.8, 4) is 0 Å². The summed E-state index contributed by atoms with van der Waals surface area (Å²) in [7, 11) is 1.74. The van der Waals surface area contributed by atoms with Gasteiger partial charge in [0.05, 0.1) is 0 Å². The first-order valence-electron chi connectivity index (χ1n) is 7.12. The Morgan fingerprint density at radius 3 is 2.32 bits per heavy atom. The minimum atomic E-state index is 0.727. The van der Waals surface area contributed by atoms with Gasteiger partial charge in [-0.25, -0.2) is 0 Å². The van der Waals surface area contributed by atoms with E-state index in [4.69, 9.17) is 17.0 Å². The Hall–Kier alpha value is -0.730. The molecule has 0 saturated heterocycles. The fourth-order valence-electron chi connectivity index (χ4n) is 1.59. The molecule has 1 aromatic carbocycles. The molecule has 0 fully saturated rings. The largest absolute Gasteiger partial charge is 0.384 e. The number of hydrogen-bond acceptors (Lipinski definition) is 2. The van der Waals surface area contributed by atoms with Crippen molar-refractivity contribution in [3.63, 3.8) is 0 Å². The summed E-state index contributed by atoms with van der Waals surface area (Å²) in [5, 5.41) is 0. The van der Waals surface area contributed by atoms with Crippen molar-refractivity contribution < 1.29 is 4.74 Å². The van der Waals surface area contributed by atoms with Crippen LogP contribution in [0, 0.1) is 5.92 Å². The van der Waals surface area contributed by atoms with E-state index in [-0.39, 0.29) is 0 Å². The molecule has 0 aliphatic carbocycles. The van der Waals surface area contributed by atoms with E-state index >= 15 is 0 Å². The fourth-order valence-corrected chi connectivity index (χ4v) is 1.73. The van der Waals surface area contributed by atoms with Crippen LogP contribution in [0.2, 0.25) is 0 Å². The number of aryl methyl sites for hydroxylation is 1. The van der Waals surface area contributed by atoms with E-state index in [0.29, 0.717) is 0 Å². The Bertz CT molecular complexity index is 321. The number of thiocarbonyl (C=S) groups is 1. The fraction of sp³-hybridized carbons (Fsp3) is 0.588. The van der Waals surface area contributed by atoms with Gasteiger partial charge < -0.3 is 4.74 Å². The van der Waals surface area contributed by atoms with E-state index < -0.39 is 0 Å². The number of benzene rings is 1. The van der Waals surface area contributed by atoms with E-state index in [1.807, 2.05) is 13.0 Å². The van der Waals surface area contributed by atoms with Crippen LogP contribution in [0.25, 0.3) is 0 Å². The summed E-state index contributed by atoms with van der Waals surface area (Å²) in [6, 6.07) is 10.5. The topological polar surface area (TPSA) is 9.23 Å². The zero-order chi connectivity index (χ0) is 14.5. The Morgan fingerprint density at radius 1 is 1.26 bits per heavy atom. The molecule has 0 radical (unpaired) electrons. The smallest absolute Gasteiger partial charge is 0.0487 e. The Kier molecular flexibility index (Phi) is 11.8. The van der Waals surface area contributed by atoms with Crippen LogP contribution in [0.15, 0.2) is 30.3 Å². The van der Waals surface area contributed by atoms with Gasteiger partial charge in [0.15, 0.2) is 0 Å². The molecule has 1 nitrogen and oxygen atoms in total. The molecular formula is C17H28OS. The molecule has 0 spiro atoms. The minimum Gasteiger partial charge on any atom is -0.384 e. The highest BCUT2D eigenvalue weighted by atomic mass is 32.1. The third-order valence-electron chi connectivity index (χ3n) is 2.99. The standard InChI is InChI=1S/C11H14S.C6H14O/c1-10(12)6-5-9-11-7-3-2-4-8-11;1-4-6(2)5-7-3/h2-4,7-8H,5-6,9H2,1H3;6H,4-5H2,1-3H3. The van der Waals surface area contributed by atoms with Crippen LogP contribution in [-0.2, 0) is 11.2 Å². The van der Waals surface area contributed by atoms with Gasteiger partial charge in [0, 0.05) is 13.7 Å². The molecule has 0 heterocycles. The van der Waals surface area contributed by atoms with Crippen LogP contribution >= 0.6 is 12.2 Å². The molecule has 0 amide bonds. The van der Waals surface area contributed by atoms with Gasteiger partial charge >= 0.3 is 0 Å². The first-order valence-corrected chi connectivity index (χ1v) is 7.53. The van der Waals surface area contributed by atoms with Crippen molar-refractivity contribution in [1.82, 2.24) is 0 Å². The average molecular weight is 280 g/mol. The summed E-state index contributed by atoms with van der Waals surface area (Å²) in [6.07, 6.45) is 4.62. The molecule has 0 bridgehead atoms. The van der Waals surface area contributed by atoms with E-state index in [0.717, 1.165) is 30.2 Å². The Morgan fingerprint density at radius 2 is 1.89 bits per heavy atom. The molecule has 1 aromatic rings. The van der Waals surface area contributed by atoms with Crippen molar-refractivity contribution in [1.29, 1.82) is 0 Å². The summed E-state index contributed by atoms with van der Waals surface area (Å²) in [4.78, 5) is 1.12. The van der Waals surface area contributed by atoms with Crippen molar-refractivity contribution in [2.45, 2.75) is 46.5 Å². The first kappa shape index (κ1) is 18.3. The third-order valence-corrected chi connectivity index (χ3v) is 3.19. The molecule has 1 rings (SSSR count). The van der Waals surface area contributed by atoms with E-state index in [9.17, 15) is 0 Å². The molecule has 2 heteroatoms. The lowest BCUT2D eigenvalue weighted by atomic mass is 10.1. The van der Waals surface area contributed by atoms with E-state index in [1.54, 1.807) is 7.11 Å². The van der Waals surface area contributed by atoms with Gasteiger partial charge in [0.1, 0.15) is 0 Å². The van der Waals surface area contributed by atoms with Gasteiger partial charge in [-0.1, -0.05) is 62.8 Å². The predicted molar refractivity (Wildman–Crippen MR) is 89.0 cm³/mol. The van der Waals surface area contributed by atoms with Crippen LogP contribution < -0.4 is 0 Å². The van der Waals surface area contributed by atoms with Crippen molar-refractivity contribution >= 4 is 17.1 Å². The molecule has 0 aliphatic heterocycles. The van der Waals surface area contributed by atoms with Crippen LogP contribution in [0.4, 0.5) is 0 Å². The molecule has 19 heavy (non-hydrogen) atoms. The Labute approximate surface area is 124 Å². The molecule has 0 N–H and O–H groups in total. The predicted octanol–water partition coefficient (Wildman–Crippen LogP) is 5.08. The van der Waals surface area contributed by atoms with Crippen LogP contribution in [0.3, 0.4) is 0 Å². The highest BCUT2D eigenvalue weighted by Crippen LogP contribution is 2.04. The summed E-state index contributed by atoms with van der Waals surface area (Å²) in [5.41, 5.74) is 1.41. The highest BCUT2D eigenvalue weighted by molar-refractivity contribution is 7.80. The van der Waals surface area contributed by atoms with Gasteiger partial charge in [-0.15, -0.1) is 0 Å². The quantitative estimate of drug-likeness (QED) is 0.644. The van der Waals surface area contributed by atoms with Gasteiger partial charge in [-0.2, -0.15) is 0 Å². The highest BCUT2D eigenvalue weighted by Gasteiger charge is 1.93. The maximum absolute atomic E-state index is 5.01. The van der Waals surface area contributed by atoms with Crippen molar-refractivity contribution in [2.24, 2.45) is 5.92 Å². The van der Waals surface area contributed by atoms with Crippen LogP contribution in [0.5, 0.6) is 0 Å². The first-order chi connectivity index (χ1) is 9.10.